The highest BCUT2D eigenvalue weighted by atomic mass is 15.2. The zero-order chi connectivity index (χ0) is 41.0. The molecular weight excluding hydrogens is 755 g/mol. The van der Waals surface area contributed by atoms with Crippen molar-refractivity contribution < 1.29 is 0 Å². The third-order valence-electron chi connectivity index (χ3n) is 12.0. The third kappa shape index (κ3) is 6.06. The molecule has 3 aromatic heterocycles. The lowest BCUT2D eigenvalue weighted by Gasteiger charge is -2.13. The van der Waals surface area contributed by atoms with Gasteiger partial charge in [-0.15, -0.1) is 0 Å². The van der Waals surface area contributed by atoms with E-state index in [2.05, 4.69) is 228 Å². The summed E-state index contributed by atoms with van der Waals surface area (Å²) in [7, 11) is 0. The lowest BCUT2D eigenvalue weighted by Crippen LogP contribution is -2.06. The highest BCUT2D eigenvalue weighted by molar-refractivity contribution is 6.19. The van der Waals surface area contributed by atoms with Crippen LogP contribution in [0.4, 0.5) is 0 Å². The topological polar surface area (TPSA) is 48.5 Å². The van der Waals surface area contributed by atoms with E-state index in [9.17, 15) is 0 Å². The second kappa shape index (κ2) is 14.7. The van der Waals surface area contributed by atoms with Gasteiger partial charge in [0.2, 0.25) is 5.95 Å². The van der Waals surface area contributed by atoms with Crippen LogP contribution in [0.15, 0.2) is 224 Å². The largest absolute Gasteiger partial charge is 0.309 e. The van der Waals surface area contributed by atoms with E-state index < -0.39 is 0 Å². The molecule has 0 saturated heterocycles. The van der Waals surface area contributed by atoms with E-state index in [1.165, 1.54) is 16.5 Å². The van der Waals surface area contributed by atoms with Crippen molar-refractivity contribution in [2.24, 2.45) is 0 Å². The van der Waals surface area contributed by atoms with Crippen molar-refractivity contribution in [1.82, 2.24) is 24.1 Å². The van der Waals surface area contributed by atoms with Gasteiger partial charge in [0.25, 0.3) is 0 Å². The predicted octanol–water partition coefficient (Wildman–Crippen LogP) is 14.4. The lowest BCUT2D eigenvalue weighted by atomic mass is 9.98. The molecule has 0 aliphatic carbocycles. The summed E-state index contributed by atoms with van der Waals surface area (Å²) in [6.45, 7) is 0. The molecule has 0 aliphatic rings. The molecular formula is C57H37N5. The van der Waals surface area contributed by atoms with Crippen LogP contribution in [-0.2, 0) is 0 Å². The molecule has 0 aliphatic heterocycles. The normalized spacial score (nSPS) is 11.5. The van der Waals surface area contributed by atoms with Gasteiger partial charge < -0.3 is 4.57 Å². The van der Waals surface area contributed by atoms with Crippen LogP contribution >= 0.6 is 0 Å². The molecule has 0 atom stereocenters. The zero-order valence-electron chi connectivity index (χ0n) is 33.6. The van der Waals surface area contributed by atoms with Crippen molar-refractivity contribution in [3.8, 4) is 67.8 Å². The van der Waals surface area contributed by atoms with E-state index in [0.29, 0.717) is 17.6 Å². The Morgan fingerprint density at radius 2 is 0.613 bits per heavy atom. The number of para-hydroxylation sites is 3. The Morgan fingerprint density at radius 1 is 0.242 bits per heavy atom. The smallest absolute Gasteiger partial charge is 0.238 e. The molecule has 62 heavy (non-hydrogen) atoms. The molecule has 0 spiro atoms. The molecule has 290 valence electrons. The number of aromatic nitrogens is 5. The number of benzene rings is 9. The van der Waals surface area contributed by atoms with Gasteiger partial charge in [-0.3, -0.25) is 4.57 Å². The first kappa shape index (κ1) is 35.5. The van der Waals surface area contributed by atoms with Gasteiger partial charge in [0.15, 0.2) is 11.6 Å². The summed E-state index contributed by atoms with van der Waals surface area (Å²) in [5.41, 5.74) is 14.1. The van der Waals surface area contributed by atoms with Gasteiger partial charge in [-0.05, 0) is 88.0 Å². The Labute approximate surface area is 358 Å². The Hall–Kier alpha value is -8.41. The first-order valence-electron chi connectivity index (χ1n) is 20.9. The highest BCUT2D eigenvalue weighted by Gasteiger charge is 2.21. The molecule has 0 saturated carbocycles. The van der Waals surface area contributed by atoms with Crippen molar-refractivity contribution in [3.05, 3.63) is 224 Å². The van der Waals surface area contributed by atoms with Gasteiger partial charge >= 0.3 is 0 Å². The summed E-state index contributed by atoms with van der Waals surface area (Å²) in [6, 6.07) is 79.2. The van der Waals surface area contributed by atoms with Gasteiger partial charge in [0.1, 0.15) is 0 Å². The SMILES string of the molecule is c1ccc(-c2cccc(-c3cccc(-c4nc(-c5cccc(-c6ccccc6)c5)nc(-n5c6ccccc6c6cc7c(cc65)c5ccccc5n7-c5ccccc5)n4)c3)c2)cc1. The summed E-state index contributed by atoms with van der Waals surface area (Å²) in [5.74, 6) is 1.76. The van der Waals surface area contributed by atoms with Crippen molar-refractivity contribution in [3.63, 3.8) is 0 Å². The molecule has 5 nitrogen and oxygen atoms in total. The van der Waals surface area contributed by atoms with E-state index in [0.717, 1.165) is 77.3 Å². The molecule has 12 aromatic rings. The number of fused-ring (bicyclic) bond motifs is 6. The van der Waals surface area contributed by atoms with E-state index in [4.69, 9.17) is 15.0 Å². The van der Waals surface area contributed by atoms with Gasteiger partial charge in [0.05, 0.1) is 22.1 Å². The molecule has 0 N–H and O–H groups in total. The molecule has 12 rings (SSSR count). The number of rotatable bonds is 7. The fourth-order valence-corrected chi connectivity index (χ4v) is 9.04. The fraction of sp³-hybridized carbons (Fsp3) is 0. The quantitative estimate of drug-likeness (QED) is 0.162. The van der Waals surface area contributed by atoms with Gasteiger partial charge in [-0.25, -0.2) is 4.98 Å². The lowest BCUT2D eigenvalue weighted by molar-refractivity contribution is 0.954. The standard InChI is InChI=1S/C57H37N5/c1-4-17-38(18-5-1)40-21-14-23-42(33-40)43-24-16-26-45(35-43)56-58-55(44-25-15-22-41(34-44)39-19-6-2-7-20-39)59-57(60-56)62-52-32-13-11-30-48(52)50-36-53-49(37-54(50)62)47-29-10-12-31-51(47)61(53)46-27-8-3-9-28-46/h1-37H. The molecule has 9 aromatic carbocycles. The Kier molecular flexibility index (Phi) is 8.42. The third-order valence-corrected chi connectivity index (χ3v) is 12.0. The van der Waals surface area contributed by atoms with Crippen molar-refractivity contribution in [2.45, 2.75) is 0 Å². The average Bonchev–Trinajstić information content (AvgIpc) is 3.86. The van der Waals surface area contributed by atoms with Gasteiger partial charge in [-0.1, -0.05) is 170 Å². The van der Waals surface area contributed by atoms with Crippen LogP contribution in [0.5, 0.6) is 0 Å². The highest BCUT2D eigenvalue weighted by Crippen LogP contribution is 2.40. The minimum atomic E-state index is 0.559. The maximum absolute atomic E-state index is 5.38. The average molecular weight is 792 g/mol. The van der Waals surface area contributed by atoms with Crippen molar-refractivity contribution in [2.75, 3.05) is 0 Å². The molecule has 0 bridgehead atoms. The molecule has 5 heteroatoms. The molecule has 0 amide bonds. The van der Waals surface area contributed by atoms with E-state index in [1.807, 2.05) is 6.07 Å². The second-order valence-electron chi connectivity index (χ2n) is 15.7. The first-order valence-corrected chi connectivity index (χ1v) is 20.9. The van der Waals surface area contributed by atoms with Crippen LogP contribution < -0.4 is 0 Å². The Morgan fingerprint density at radius 3 is 1.13 bits per heavy atom. The van der Waals surface area contributed by atoms with E-state index in [-0.39, 0.29) is 0 Å². The van der Waals surface area contributed by atoms with Crippen LogP contribution in [0.1, 0.15) is 0 Å². The number of nitrogens with zero attached hydrogens (tertiary/aromatic N) is 5. The summed E-state index contributed by atoms with van der Waals surface area (Å²) in [5, 5.41) is 4.61. The van der Waals surface area contributed by atoms with E-state index in [1.54, 1.807) is 0 Å². The van der Waals surface area contributed by atoms with Crippen LogP contribution in [0.25, 0.3) is 111 Å². The van der Waals surface area contributed by atoms with E-state index >= 15 is 0 Å². The molecule has 3 heterocycles. The Bertz CT molecular complexity index is 3620. The first-order chi connectivity index (χ1) is 30.7. The van der Waals surface area contributed by atoms with Crippen LogP contribution in [0.3, 0.4) is 0 Å². The van der Waals surface area contributed by atoms with Gasteiger partial charge in [0, 0.05) is 38.4 Å². The van der Waals surface area contributed by atoms with Crippen LogP contribution in [-0.4, -0.2) is 24.1 Å². The predicted molar refractivity (Wildman–Crippen MR) is 256 cm³/mol. The van der Waals surface area contributed by atoms with Crippen LogP contribution in [0.2, 0.25) is 0 Å². The van der Waals surface area contributed by atoms with Gasteiger partial charge in [-0.2, -0.15) is 9.97 Å². The second-order valence-corrected chi connectivity index (χ2v) is 15.7. The summed E-state index contributed by atoms with van der Waals surface area (Å²) < 4.78 is 4.60. The minimum Gasteiger partial charge on any atom is -0.309 e. The molecule has 0 unspecified atom stereocenters. The zero-order valence-corrected chi connectivity index (χ0v) is 33.6. The maximum Gasteiger partial charge on any atom is 0.238 e. The molecule has 0 radical (unpaired) electrons. The number of hydrogen-bond donors (Lipinski definition) is 0. The Balaban J connectivity index is 1.10. The summed E-state index contributed by atoms with van der Waals surface area (Å²) in [4.78, 5) is 16.0. The molecule has 0 fully saturated rings. The maximum atomic E-state index is 5.38. The van der Waals surface area contributed by atoms with Crippen molar-refractivity contribution >= 4 is 43.6 Å². The minimum absolute atomic E-state index is 0.559. The summed E-state index contributed by atoms with van der Waals surface area (Å²) >= 11 is 0. The fourth-order valence-electron chi connectivity index (χ4n) is 9.04. The van der Waals surface area contributed by atoms with Crippen molar-refractivity contribution in [1.29, 1.82) is 0 Å². The summed E-state index contributed by atoms with van der Waals surface area (Å²) in [6.07, 6.45) is 0. The number of hydrogen-bond acceptors (Lipinski definition) is 3. The van der Waals surface area contributed by atoms with Crippen LogP contribution in [0, 0.1) is 0 Å². The monoisotopic (exact) mass is 791 g/mol.